The highest BCUT2D eigenvalue weighted by Gasteiger charge is 2.29. The Labute approximate surface area is 103 Å². The smallest absolute Gasteiger partial charge is 0.0543 e. The van der Waals surface area contributed by atoms with Crippen LogP contribution < -0.4 is 16.8 Å². The van der Waals surface area contributed by atoms with Crippen molar-refractivity contribution in [3.05, 3.63) is 24.0 Å². The molecule has 94 valence electrons. The third kappa shape index (κ3) is 3.41. The molecular weight excluding hydrogens is 212 g/mol. The molecule has 1 aliphatic carbocycles. The minimum Gasteiger partial charge on any atom is -0.397 e. The first-order chi connectivity index (χ1) is 8.07. The largest absolute Gasteiger partial charge is 0.397 e. The molecule has 0 radical (unpaired) electrons. The zero-order valence-electron chi connectivity index (χ0n) is 10.4. The van der Waals surface area contributed by atoms with Crippen LogP contribution in [0.15, 0.2) is 18.3 Å². The molecule has 0 saturated heterocycles. The van der Waals surface area contributed by atoms with Crippen molar-refractivity contribution < 1.29 is 0 Å². The molecule has 2 rings (SSSR count). The fourth-order valence-corrected chi connectivity index (χ4v) is 2.54. The van der Waals surface area contributed by atoms with E-state index in [2.05, 4.69) is 17.2 Å². The Morgan fingerprint density at radius 2 is 2.35 bits per heavy atom. The van der Waals surface area contributed by atoms with Gasteiger partial charge in [0.15, 0.2) is 0 Å². The van der Waals surface area contributed by atoms with Crippen molar-refractivity contribution in [2.45, 2.75) is 50.7 Å². The Hall–Kier alpha value is -1.13. The van der Waals surface area contributed by atoms with Gasteiger partial charge in [-0.2, -0.15) is 0 Å². The van der Waals surface area contributed by atoms with E-state index in [0.717, 1.165) is 25.1 Å². The van der Waals surface area contributed by atoms with E-state index in [4.69, 9.17) is 11.5 Å². The van der Waals surface area contributed by atoms with Crippen molar-refractivity contribution in [2.75, 3.05) is 5.73 Å². The average molecular weight is 234 g/mol. The first-order valence-electron chi connectivity index (χ1n) is 6.28. The lowest BCUT2D eigenvalue weighted by molar-refractivity contribution is 0.230. The molecule has 1 aromatic heterocycles. The Bertz CT molecular complexity index is 362. The Morgan fingerprint density at radius 3 is 3.00 bits per heavy atom. The molecule has 0 spiro atoms. The average Bonchev–Trinajstić information content (AvgIpc) is 2.28. The van der Waals surface area contributed by atoms with E-state index in [0.29, 0.717) is 11.7 Å². The van der Waals surface area contributed by atoms with E-state index in [1.54, 1.807) is 6.20 Å². The van der Waals surface area contributed by atoms with Crippen LogP contribution in [0.4, 0.5) is 5.69 Å². The van der Waals surface area contributed by atoms with E-state index in [-0.39, 0.29) is 5.54 Å². The highest BCUT2D eigenvalue weighted by atomic mass is 15.0. The second kappa shape index (κ2) is 5.02. The van der Waals surface area contributed by atoms with Gasteiger partial charge in [0.2, 0.25) is 0 Å². The van der Waals surface area contributed by atoms with Crippen LogP contribution in [-0.2, 0) is 6.54 Å². The predicted molar refractivity (Wildman–Crippen MR) is 70.3 cm³/mol. The summed E-state index contributed by atoms with van der Waals surface area (Å²) in [6, 6.07) is 4.19. The number of pyridine rings is 1. The Balaban J connectivity index is 1.90. The number of aromatic nitrogens is 1. The van der Waals surface area contributed by atoms with Crippen LogP contribution in [-0.4, -0.2) is 16.6 Å². The van der Waals surface area contributed by atoms with Crippen molar-refractivity contribution >= 4 is 5.69 Å². The van der Waals surface area contributed by atoms with Gasteiger partial charge < -0.3 is 16.8 Å². The summed E-state index contributed by atoms with van der Waals surface area (Å²) >= 11 is 0. The van der Waals surface area contributed by atoms with E-state index in [1.807, 2.05) is 12.1 Å². The van der Waals surface area contributed by atoms with Gasteiger partial charge in [0.25, 0.3) is 0 Å². The summed E-state index contributed by atoms with van der Waals surface area (Å²) in [5.41, 5.74) is 13.5. The molecule has 2 atom stereocenters. The van der Waals surface area contributed by atoms with Crippen molar-refractivity contribution in [2.24, 2.45) is 5.73 Å². The molecule has 1 heterocycles. The summed E-state index contributed by atoms with van der Waals surface area (Å²) in [5.74, 6) is 0. The molecule has 1 fully saturated rings. The van der Waals surface area contributed by atoms with E-state index in [1.165, 1.54) is 12.8 Å². The van der Waals surface area contributed by atoms with Crippen LogP contribution in [0.5, 0.6) is 0 Å². The maximum Gasteiger partial charge on any atom is 0.0543 e. The summed E-state index contributed by atoms with van der Waals surface area (Å²) in [6.07, 6.45) is 6.29. The fourth-order valence-electron chi connectivity index (χ4n) is 2.54. The van der Waals surface area contributed by atoms with Crippen LogP contribution in [0.25, 0.3) is 0 Å². The maximum absolute atomic E-state index is 6.03. The van der Waals surface area contributed by atoms with E-state index >= 15 is 0 Å². The Kier molecular flexibility index (Phi) is 3.64. The first-order valence-corrected chi connectivity index (χ1v) is 6.28. The second-order valence-electron chi connectivity index (χ2n) is 5.35. The molecule has 0 aromatic carbocycles. The van der Waals surface area contributed by atoms with Gasteiger partial charge in [-0.25, -0.2) is 0 Å². The fraction of sp³-hybridized carbons (Fsp3) is 0.615. The predicted octanol–water partition coefficient (Wildman–Crippen LogP) is 1.41. The number of hydrogen-bond donors (Lipinski definition) is 3. The van der Waals surface area contributed by atoms with Crippen LogP contribution >= 0.6 is 0 Å². The van der Waals surface area contributed by atoms with Crippen LogP contribution in [0.2, 0.25) is 0 Å². The van der Waals surface area contributed by atoms with E-state index < -0.39 is 0 Å². The summed E-state index contributed by atoms with van der Waals surface area (Å²) in [4.78, 5) is 4.29. The standard InChI is InChI=1S/C13H22N4/c1-13(6-2-3-10(14)7-13)17-9-12-5-4-11(15)8-16-12/h4-5,8,10,17H,2-3,6-7,9,14-15H2,1H3/t10-,13+/m1/s1. The third-order valence-corrected chi connectivity index (χ3v) is 3.56. The molecule has 1 saturated carbocycles. The second-order valence-corrected chi connectivity index (χ2v) is 5.35. The van der Waals surface area contributed by atoms with Crippen molar-refractivity contribution in [3.8, 4) is 0 Å². The van der Waals surface area contributed by atoms with Gasteiger partial charge in [0.05, 0.1) is 17.6 Å². The number of nitrogens with two attached hydrogens (primary N) is 2. The molecule has 17 heavy (non-hydrogen) atoms. The SMILES string of the molecule is C[C@]1(NCc2ccc(N)cn2)CCC[C@@H](N)C1. The maximum atomic E-state index is 6.03. The summed E-state index contributed by atoms with van der Waals surface area (Å²) in [7, 11) is 0. The number of anilines is 1. The van der Waals surface area contributed by atoms with Crippen LogP contribution in [0.3, 0.4) is 0 Å². The lowest BCUT2D eigenvalue weighted by atomic mass is 9.80. The zero-order chi connectivity index (χ0) is 12.3. The molecule has 0 aliphatic heterocycles. The molecule has 4 heteroatoms. The molecule has 0 bridgehead atoms. The molecule has 0 unspecified atom stereocenters. The van der Waals surface area contributed by atoms with Crippen molar-refractivity contribution in [1.82, 2.24) is 10.3 Å². The topological polar surface area (TPSA) is 77.0 Å². The normalized spacial score (nSPS) is 29.2. The molecular formula is C13H22N4. The molecule has 1 aromatic rings. The molecule has 0 amide bonds. The number of nitrogen functional groups attached to an aromatic ring is 1. The van der Waals surface area contributed by atoms with Gasteiger partial charge in [-0.05, 0) is 38.3 Å². The lowest BCUT2D eigenvalue weighted by Gasteiger charge is -2.37. The van der Waals surface area contributed by atoms with Gasteiger partial charge >= 0.3 is 0 Å². The van der Waals surface area contributed by atoms with Gasteiger partial charge in [-0.15, -0.1) is 0 Å². The Morgan fingerprint density at radius 1 is 1.53 bits per heavy atom. The van der Waals surface area contributed by atoms with Crippen molar-refractivity contribution in [1.29, 1.82) is 0 Å². The quantitative estimate of drug-likeness (QED) is 0.739. The summed E-state index contributed by atoms with van der Waals surface area (Å²) in [5, 5.41) is 3.58. The van der Waals surface area contributed by atoms with Gasteiger partial charge in [-0.3, -0.25) is 4.98 Å². The van der Waals surface area contributed by atoms with Gasteiger partial charge in [-0.1, -0.05) is 6.42 Å². The zero-order valence-corrected chi connectivity index (χ0v) is 10.4. The molecule has 1 aliphatic rings. The number of hydrogen-bond acceptors (Lipinski definition) is 4. The summed E-state index contributed by atoms with van der Waals surface area (Å²) in [6.45, 7) is 3.03. The number of nitrogens with zero attached hydrogens (tertiary/aromatic N) is 1. The lowest BCUT2D eigenvalue weighted by Crippen LogP contribution is -2.49. The highest BCUT2D eigenvalue weighted by Crippen LogP contribution is 2.27. The highest BCUT2D eigenvalue weighted by molar-refractivity contribution is 5.34. The van der Waals surface area contributed by atoms with Crippen molar-refractivity contribution in [3.63, 3.8) is 0 Å². The monoisotopic (exact) mass is 234 g/mol. The number of nitrogens with one attached hydrogen (secondary N) is 1. The molecule has 4 nitrogen and oxygen atoms in total. The first kappa shape index (κ1) is 12.3. The minimum atomic E-state index is 0.154. The van der Waals surface area contributed by atoms with Gasteiger partial charge in [0, 0.05) is 18.1 Å². The van der Waals surface area contributed by atoms with E-state index in [9.17, 15) is 0 Å². The van der Waals surface area contributed by atoms with Gasteiger partial charge in [0.1, 0.15) is 0 Å². The van der Waals surface area contributed by atoms with Crippen LogP contribution in [0.1, 0.15) is 38.3 Å². The molecule has 5 N–H and O–H groups in total. The van der Waals surface area contributed by atoms with Crippen LogP contribution in [0, 0.1) is 0 Å². The minimum absolute atomic E-state index is 0.154. The summed E-state index contributed by atoms with van der Waals surface area (Å²) < 4.78 is 0. The third-order valence-electron chi connectivity index (χ3n) is 3.56. The number of rotatable bonds is 3.